The average molecular weight is 290 g/mol. The lowest BCUT2D eigenvalue weighted by Gasteiger charge is -2.21. The Morgan fingerprint density at radius 1 is 1.35 bits per heavy atom. The first-order valence-electron chi connectivity index (χ1n) is 6.48. The van der Waals surface area contributed by atoms with Crippen molar-refractivity contribution in [3.05, 3.63) is 46.5 Å². The molecule has 1 aromatic heterocycles. The fourth-order valence-corrected chi connectivity index (χ4v) is 2.12. The molecule has 0 bridgehead atoms. The van der Waals surface area contributed by atoms with Gasteiger partial charge in [-0.05, 0) is 30.3 Å². The van der Waals surface area contributed by atoms with Gasteiger partial charge in [-0.25, -0.2) is 0 Å². The fraction of sp³-hybridized carbons (Fsp3) is 0.357. The molecule has 1 amide bonds. The fourth-order valence-electron chi connectivity index (χ4n) is 1.98. The van der Waals surface area contributed by atoms with E-state index in [1.54, 1.807) is 16.7 Å². The summed E-state index contributed by atoms with van der Waals surface area (Å²) in [6.45, 7) is 4.07. The SMILES string of the molecule is CC(C)[C@@H](NC(=O)c1ccccc1)c1n[nH]c(=S)n1C. The number of carbonyl (C=O) groups is 1. The summed E-state index contributed by atoms with van der Waals surface area (Å²) in [5, 5.41) is 9.98. The first-order valence-corrected chi connectivity index (χ1v) is 6.88. The number of hydrogen-bond donors (Lipinski definition) is 2. The lowest BCUT2D eigenvalue weighted by molar-refractivity contribution is 0.0922. The number of rotatable bonds is 4. The average Bonchev–Trinajstić information content (AvgIpc) is 2.77. The Morgan fingerprint density at radius 3 is 2.50 bits per heavy atom. The summed E-state index contributed by atoms with van der Waals surface area (Å²) in [5.41, 5.74) is 0.634. The highest BCUT2D eigenvalue weighted by atomic mass is 32.1. The Kier molecular flexibility index (Phi) is 4.34. The van der Waals surface area contributed by atoms with E-state index in [2.05, 4.69) is 15.5 Å². The summed E-state index contributed by atoms with van der Waals surface area (Å²) in [4.78, 5) is 12.3. The van der Waals surface area contributed by atoms with Gasteiger partial charge in [0.2, 0.25) is 0 Å². The van der Waals surface area contributed by atoms with Crippen molar-refractivity contribution in [1.29, 1.82) is 0 Å². The molecule has 5 nitrogen and oxygen atoms in total. The number of benzene rings is 1. The summed E-state index contributed by atoms with van der Waals surface area (Å²) in [5.74, 6) is 0.819. The van der Waals surface area contributed by atoms with Crippen molar-refractivity contribution in [2.45, 2.75) is 19.9 Å². The molecule has 0 radical (unpaired) electrons. The molecule has 6 heteroatoms. The minimum atomic E-state index is -0.194. The van der Waals surface area contributed by atoms with E-state index in [1.165, 1.54) is 0 Å². The standard InChI is InChI=1S/C14H18N4OS/c1-9(2)11(12-16-17-14(20)18(12)3)15-13(19)10-7-5-4-6-8-10/h4-9,11H,1-3H3,(H,15,19)(H,17,20)/t11-/m1/s1. The monoisotopic (exact) mass is 290 g/mol. The van der Waals surface area contributed by atoms with E-state index < -0.39 is 0 Å². The van der Waals surface area contributed by atoms with Crippen molar-refractivity contribution in [3.63, 3.8) is 0 Å². The van der Waals surface area contributed by atoms with Crippen molar-refractivity contribution in [3.8, 4) is 0 Å². The highest BCUT2D eigenvalue weighted by Crippen LogP contribution is 2.20. The molecule has 106 valence electrons. The topological polar surface area (TPSA) is 62.7 Å². The molecule has 2 rings (SSSR count). The second kappa shape index (κ2) is 6.00. The lowest BCUT2D eigenvalue weighted by atomic mass is 10.0. The van der Waals surface area contributed by atoms with Crippen LogP contribution in [0.25, 0.3) is 0 Å². The van der Waals surface area contributed by atoms with Crippen LogP contribution in [0.4, 0.5) is 0 Å². The Morgan fingerprint density at radius 2 is 2.00 bits per heavy atom. The Hall–Kier alpha value is -1.95. The van der Waals surface area contributed by atoms with Gasteiger partial charge >= 0.3 is 0 Å². The smallest absolute Gasteiger partial charge is 0.251 e. The van der Waals surface area contributed by atoms with Gasteiger partial charge in [0.1, 0.15) is 0 Å². The van der Waals surface area contributed by atoms with Gasteiger partial charge in [-0.1, -0.05) is 32.0 Å². The van der Waals surface area contributed by atoms with Crippen molar-refractivity contribution < 1.29 is 4.79 Å². The summed E-state index contributed by atoms with van der Waals surface area (Å²) in [7, 11) is 1.84. The van der Waals surface area contributed by atoms with Gasteiger partial charge in [-0.15, -0.1) is 0 Å². The number of aromatic amines is 1. The molecular formula is C14H18N4OS. The molecule has 0 saturated heterocycles. The minimum Gasteiger partial charge on any atom is -0.342 e. The van der Waals surface area contributed by atoms with Crippen molar-refractivity contribution in [1.82, 2.24) is 20.1 Å². The van der Waals surface area contributed by atoms with Gasteiger partial charge in [-0.2, -0.15) is 5.10 Å². The maximum atomic E-state index is 12.3. The van der Waals surface area contributed by atoms with E-state index in [4.69, 9.17) is 12.2 Å². The predicted molar refractivity (Wildman–Crippen MR) is 79.9 cm³/mol. The predicted octanol–water partition coefficient (Wildman–Crippen LogP) is 2.60. The zero-order valence-electron chi connectivity index (χ0n) is 11.8. The zero-order valence-corrected chi connectivity index (χ0v) is 12.6. The number of hydrogen-bond acceptors (Lipinski definition) is 3. The highest BCUT2D eigenvalue weighted by molar-refractivity contribution is 7.71. The van der Waals surface area contributed by atoms with E-state index >= 15 is 0 Å². The largest absolute Gasteiger partial charge is 0.342 e. The third-order valence-electron chi connectivity index (χ3n) is 3.18. The zero-order chi connectivity index (χ0) is 14.7. The minimum absolute atomic E-state index is 0.113. The van der Waals surface area contributed by atoms with Crippen LogP contribution in [-0.4, -0.2) is 20.7 Å². The first kappa shape index (κ1) is 14.5. The molecule has 0 saturated carbocycles. The summed E-state index contributed by atoms with van der Waals surface area (Å²) in [6.07, 6.45) is 0. The molecule has 1 atom stereocenters. The quantitative estimate of drug-likeness (QED) is 0.851. The van der Waals surface area contributed by atoms with Crippen LogP contribution in [0.5, 0.6) is 0 Å². The van der Waals surface area contributed by atoms with E-state index in [-0.39, 0.29) is 17.9 Å². The molecule has 0 aliphatic heterocycles. The third-order valence-corrected chi connectivity index (χ3v) is 3.55. The Bertz CT molecular complexity index is 645. The van der Waals surface area contributed by atoms with Crippen LogP contribution in [0.3, 0.4) is 0 Å². The molecule has 0 aliphatic rings. The first-order chi connectivity index (χ1) is 9.50. The molecule has 2 aromatic rings. The van der Waals surface area contributed by atoms with Gasteiger partial charge in [0, 0.05) is 12.6 Å². The second-order valence-electron chi connectivity index (χ2n) is 5.01. The number of aromatic nitrogens is 3. The number of carbonyl (C=O) groups excluding carboxylic acids is 1. The van der Waals surface area contributed by atoms with Gasteiger partial charge in [0.15, 0.2) is 10.6 Å². The summed E-state index contributed by atoms with van der Waals surface area (Å²) < 4.78 is 2.32. The molecule has 0 fully saturated rings. The van der Waals surface area contributed by atoms with E-state index in [0.717, 1.165) is 5.82 Å². The Labute approximate surface area is 123 Å². The highest BCUT2D eigenvalue weighted by Gasteiger charge is 2.23. The number of nitrogens with one attached hydrogen (secondary N) is 2. The van der Waals surface area contributed by atoms with Crippen molar-refractivity contribution in [2.24, 2.45) is 13.0 Å². The van der Waals surface area contributed by atoms with Gasteiger partial charge in [0.25, 0.3) is 5.91 Å². The lowest BCUT2D eigenvalue weighted by Crippen LogP contribution is -2.33. The van der Waals surface area contributed by atoms with Crippen LogP contribution in [0.1, 0.15) is 36.1 Å². The van der Waals surface area contributed by atoms with Gasteiger partial charge < -0.3 is 9.88 Å². The second-order valence-corrected chi connectivity index (χ2v) is 5.39. The molecule has 0 aliphatic carbocycles. The molecular weight excluding hydrogens is 272 g/mol. The van der Waals surface area contributed by atoms with Gasteiger partial charge in [-0.3, -0.25) is 9.89 Å². The number of amides is 1. The van der Waals surface area contributed by atoms with Crippen LogP contribution in [0.15, 0.2) is 30.3 Å². The van der Waals surface area contributed by atoms with E-state index in [1.807, 2.05) is 39.1 Å². The van der Waals surface area contributed by atoms with Crippen molar-refractivity contribution >= 4 is 18.1 Å². The number of nitrogens with zero attached hydrogens (tertiary/aromatic N) is 2. The van der Waals surface area contributed by atoms with Gasteiger partial charge in [0.05, 0.1) is 6.04 Å². The Balaban J connectivity index is 2.25. The molecule has 1 aromatic carbocycles. The normalized spacial score (nSPS) is 12.4. The number of H-pyrrole nitrogens is 1. The summed E-state index contributed by atoms with van der Waals surface area (Å²) in [6, 6.07) is 8.95. The molecule has 20 heavy (non-hydrogen) atoms. The third kappa shape index (κ3) is 2.96. The van der Waals surface area contributed by atoms with Crippen LogP contribution in [0.2, 0.25) is 0 Å². The van der Waals surface area contributed by atoms with E-state index in [0.29, 0.717) is 10.3 Å². The molecule has 2 N–H and O–H groups in total. The van der Waals surface area contributed by atoms with Crippen LogP contribution >= 0.6 is 12.2 Å². The summed E-state index contributed by atoms with van der Waals surface area (Å²) >= 11 is 5.12. The molecule has 0 unspecified atom stereocenters. The molecule has 0 spiro atoms. The van der Waals surface area contributed by atoms with Crippen LogP contribution in [0, 0.1) is 10.7 Å². The molecule has 1 heterocycles. The maximum absolute atomic E-state index is 12.3. The van der Waals surface area contributed by atoms with Crippen molar-refractivity contribution in [2.75, 3.05) is 0 Å². The van der Waals surface area contributed by atoms with Crippen LogP contribution in [-0.2, 0) is 7.05 Å². The van der Waals surface area contributed by atoms with E-state index in [9.17, 15) is 4.79 Å². The maximum Gasteiger partial charge on any atom is 0.251 e. The van der Waals surface area contributed by atoms with Crippen LogP contribution < -0.4 is 5.32 Å².